The Morgan fingerprint density at radius 3 is 2.50 bits per heavy atom. The minimum absolute atomic E-state index is 0. The van der Waals surface area contributed by atoms with Gasteiger partial charge in [0.05, 0.1) is 12.1 Å². The van der Waals surface area contributed by atoms with E-state index >= 15 is 0 Å². The minimum Gasteiger partial charge on any atom is -0.395 e. The molecule has 8 heteroatoms. The Kier molecular flexibility index (Phi) is 6.90. The summed E-state index contributed by atoms with van der Waals surface area (Å²) < 4.78 is 0. The smallest absolute Gasteiger partial charge is 0.251 e. The third kappa shape index (κ3) is 4.71. The highest BCUT2D eigenvalue weighted by molar-refractivity contribution is 5.95. The lowest BCUT2D eigenvalue weighted by Gasteiger charge is -2.11. The molecule has 0 fully saturated rings. The molecule has 2 aromatic heterocycles. The number of aliphatic hydroxyl groups excluding tert-OH is 1. The largest absolute Gasteiger partial charge is 0.395 e. The van der Waals surface area contributed by atoms with Crippen molar-refractivity contribution in [3.63, 3.8) is 0 Å². The number of nitrogens with zero attached hydrogens (tertiary/aromatic N) is 3. The van der Waals surface area contributed by atoms with Crippen LogP contribution in [0.3, 0.4) is 0 Å². The van der Waals surface area contributed by atoms with Crippen molar-refractivity contribution < 1.29 is 9.90 Å². The molecule has 4 aromatic rings. The summed E-state index contributed by atoms with van der Waals surface area (Å²) in [6.45, 7) is 0.133. The highest BCUT2D eigenvalue weighted by Crippen LogP contribution is 2.27. The Morgan fingerprint density at radius 1 is 0.967 bits per heavy atom. The van der Waals surface area contributed by atoms with Gasteiger partial charge < -0.3 is 15.7 Å². The fourth-order valence-corrected chi connectivity index (χ4v) is 2.91. The molecule has 0 atom stereocenters. The number of aliphatic hydroxyl groups is 1. The van der Waals surface area contributed by atoms with Crippen LogP contribution in [0.4, 0.5) is 11.5 Å². The second-order valence-corrected chi connectivity index (χ2v) is 6.34. The van der Waals surface area contributed by atoms with Crippen LogP contribution in [-0.4, -0.2) is 39.1 Å². The van der Waals surface area contributed by atoms with E-state index in [1.807, 2.05) is 48.5 Å². The maximum atomic E-state index is 12.0. The number of aromatic nitrogens is 3. The second kappa shape index (κ2) is 9.78. The first kappa shape index (κ1) is 21.2. The molecule has 0 aliphatic carbocycles. The van der Waals surface area contributed by atoms with Crippen molar-refractivity contribution in [2.45, 2.75) is 0 Å². The van der Waals surface area contributed by atoms with Gasteiger partial charge in [0.2, 0.25) is 0 Å². The summed E-state index contributed by atoms with van der Waals surface area (Å²) in [5.41, 5.74) is 2.97. The first-order chi connectivity index (χ1) is 14.2. The van der Waals surface area contributed by atoms with Crippen LogP contribution in [0.5, 0.6) is 0 Å². The number of amides is 1. The van der Waals surface area contributed by atoms with Crippen molar-refractivity contribution in [3.8, 4) is 11.4 Å². The zero-order chi connectivity index (χ0) is 20.1. The topological polar surface area (TPSA) is 100 Å². The summed E-state index contributed by atoms with van der Waals surface area (Å²) in [6, 6.07) is 18.6. The third-order valence-electron chi connectivity index (χ3n) is 4.33. The van der Waals surface area contributed by atoms with Gasteiger partial charge in [-0.2, -0.15) is 0 Å². The standard InChI is InChI=1S/C22H19N5O2.ClH/c28-13-12-24-22(29)15-7-9-17(10-8-15)25-21-18-5-1-2-6-19(18)26-20(27-21)16-4-3-11-23-14-16;/h1-11,14,28H,12-13H2,(H,24,29)(H,25,26,27);1H. The SMILES string of the molecule is Cl.O=C(NCCO)c1ccc(Nc2nc(-c3cccnc3)nc3ccccc23)cc1. The Hall–Kier alpha value is -3.55. The van der Waals surface area contributed by atoms with Gasteiger partial charge in [0.25, 0.3) is 5.91 Å². The van der Waals surface area contributed by atoms with Crippen LogP contribution in [0, 0.1) is 0 Å². The van der Waals surface area contributed by atoms with E-state index < -0.39 is 0 Å². The van der Waals surface area contributed by atoms with Crippen molar-refractivity contribution in [3.05, 3.63) is 78.6 Å². The second-order valence-electron chi connectivity index (χ2n) is 6.34. The molecule has 4 rings (SSSR count). The van der Waals surface area contributed by atoms with Gasteiger partial charge in [0, 0.05) is 41.1 Å². The highest BCUT2D eigenvalue weighted by Gasteiger charge is 2.10. The van der Waals surface area contributed by atoms with E-state index in [0.29, 0.717) is 17.2 Å². The quantitative estimate of drug-likeness (QED) is 0.440. The van der Waals surface area contributed by atoms with Crippen LogP contribution in [0.1, 0.15) is 10.4 Å². The molecule has 152 valence electrons. The number of nitrogens with one attached hydrogen (secondary N) is 2. The molecule has 1 amide bonds. The van der Waals surface area contributed by atoms with Crippen molar-refractivity contribution in [1.29, 1.82) is 0 Å². The monoisotopic (exact) mass is 421 g/mol. The average molecular weight is 422 g/mol. The molecule has 7 nitrogen and oxygen atoms in total. The Bertz CT molecular complexity index is 1140. The Balaban J connectivity index is 0.00000256. The summed E-state index contributed by atoms with van der Waals surface area (Å²) in [7, 11) is 0. The normalized spacial score (nSPS) is 10.3. The molecule has 0 bridgehead atoms. The third-order valence-corrected chi connectivity index (χ3v) is 4.33. The van der Waals surface area contributed by atoms with E-state index in [1.165, 1.54) is 0 Å². The molecular formula is C22H20ClN5O2. The van der Waals surface area contributed by atoms with Crippen LogP contribution in [0.25, 0.3) is 22.3 Å². The summed E-state index contributed by atoms with van der Waals surface area (Å²) in [5, 5.41) is 15.7. The predicted octanol–water partition coefficient (Wildman–Crippen LogP) is 3.58. The Labute approximate surface area is 179 Å². The van der Waals surface area contributed by atoms with Gasteiger partial charge in [0.15, 0.2) is 5.82 Å². The number of benzene rings is 2. The zero-order valence-electron chi connectivity index (χ0n) is 15.9. The number of para-hydroxylation sites is 1. The fourth-order valence-electron chi connectivity index (χ4n) is 2.91. The van der Waals surface area contributed by atoms with Crippen LogP contribution < -0.4 is 10.6 Å². The molecule has 2 heterocycles. The molecule has 3 N–H and O–H groups in total. The summed E-state index contributed by atoms with van der Waals surface area (Å²) in [6.07, 6.45) is 3.44. The number of hydrogen-bond donors (Lipinski definition) is 3. The number of rotatable bonds is 6. The number of hydrogen-bond acceptors (Lipinski definition) is 6. The van der Waals surface area contributed by atoms with Crippen molar-refractivity contribution in [2.24, 2.45) is 0 Å². The number of halogens is 1. The molecule has 0 saturated heterocycles. The number of anilines is 2. The molecule has 0 radical (unpaired) electrons. The van der Waals surface area contributed by atoms with Crippen molar-refractivity contribution >= 4 is 40.7 Å². The first-order valence-electron chi connectivity index (χ1n) is 9.18. The van der Waals surface area contributed by atoms with E-state index in [2.05, 4.69) is 20.6 Å². The lowest BCUT2D eigenvalue weighted by Crippen LogP contribution is -2.26. The summed E-state index contributed by atoms with van der Waals surface area (Å²) in [4.78, 5) is 25.5. The lowest BCUT2D eigenvalue weighted by molar-refractivity contribution is 0.0945. The van der Waals surface area contributed by atoms with Crippen LogP contribution in [0.15, 0.2) is 73.1 Å². The molecule has 0 unspecified atom stereocenters. The zero-order valence-corrected chi connectivity index (χ0v) is 16.8. The maximum absolute atomic E-state index is 12.0. The van der Waals surface area contributed by atoms with Gasteiger partial charge in [-0.05, 0) is 48.5 Å². The van der Waals surface area contributed by atoms with Crippen molar-refractivity contribution in [1.82, 2.24) is 20.3 Å². The molecule has 0 aliphatic rings. The maximum Gasteiger partial charge on any atom is 0.251 e. The van der Waals surface area contributed by atoms with E-state index in [-0.39, 0.29) is 31.5 Å². The highest BCUT2D eigenvalue weighted by atomic mass is 35.5. The summed E-state index contributed by atoms with van der Waals surface area (Å²) in [5.74, 6) is 1.03. The first-order valence-corrected chi connectivity index (χ1v) is 9.18. The van der Waals surface area contributed by atoms with Gasteiger partial charge >= 0.3 is 0 Å². The average Bonchev–Trinajstić information content (AvgIpc) is 2.78. The molecule has 0 spiro atoms. The van der Waals surface area contributed by atoms with Crippen molar-refractivity contribution in [2.75, 3.05) is 18.5 Å². The van der Waals surface area contributed by atoms with Gasteiger partial charge in [-0.25, -0.2) is 9.97 Å². The summed E-state index contributed by atoms with van der Waals surface area (Å²) >= 11 is 0. The number of carbonyl (C=O) groups is 1. The van der Waals surface area contributed by atoms with E-state index in [4.69, 9.17) is 10.1 Å². The van der Waals surface area contributed by atoms with Gasteiger partial charge in [-0.3, -0.25) is 9.78 Å². The van der Waals surface area contributed by atoms with Crippen LogP contribution >= 0.6 is 12.4 Å². The van der Waals surface area contributed by atoms with Crippen LogP contribution in [0.2, 0.25) is 0 Å². The van der Waals surface area contributed by atoms with Crippen LogP contribution in [-0.2, 0) is 0 Å². The number of fused-ring (bicyclic) bond motifs is 1. The van der Waals surface area contributed by atoms with Gasteiger partial charge in [-0.1, -0.05) is 12.1 Å². The molecular weight excluding hydrogens is 402 g/mol. The van der Waals surface area contributed by atoms with Gasteiger partial charge in [-0.15, -0.1) is 12.4 Å². The van der Waals surface area contributed by atoms with E-state index in [1.54, 1.807) is 24.5 Å². The number of carbonyl (C=O) groups excluding carboxylic acids is 1. The van der Waals surface area contributed by atoms with Gasteiger partial charge in [0.1, 0.15) is 5.82 Å². The fraction of sp³-hybridized carbons (Fsp3) is 0.0909. The Morgan fingerprint density at radius 2 is 1.77 bits per heavy atom. The van der Waals surface area contributed by atoms with E-state index in [0.717, 1.165) is 22.2 Å². The predicted molar refractivity (Wildman–Crippen MR) is 119 cm³/mol. The van der Waals surface area contributed by atoms with E-state index in [9.17, 15) is 4.79 Å². The minimum atomic E-state index is -0.225. The molecule has 0 aliphatic heterocycles. The molecule has 0 saturated carbocycles. The molecule has 30 heavy (non-hydrogen) atoms. The number of pyridine rings is 1. The lowest BCUT2D eigenvalue weighted by atomic mass is 10.1. The molecule has 2 aromatic carbocycles.